The molecule has 15 atom stereocenters. The van der Waals surface area contributed by atoms with Gasteiger partial charge in [-0.15, -0.1) is 0 Å². The molecule has 0 spiro atoms. The Morgan fingerprint density at radius 1 is 0.868 bits per heavy atom. The summed E-state index contributed by atoms with van der Waals surface area (Å²) in [7, 11) is 4.37. The third-order valence-corrected chi connectivity index (χ3v) is 16.8. The molecule has 428 valence electrons. The second-order valence-corrected chi connectivity index (χ2v) is 22.7. The molecule has 4 heterocycles. The number of esters is 1. The lowest BCUT2D eigenvalue weighted by molar-refractivity contribution is -0.265. The number of hydroxylamine groups is 2. The number of aliphatic hydroxyl groups is 3. The monoisotopic (exact) mass is 1070 g/mol. The normalized spacial score (nSPS) is 38.6. The number of carbonyl (C=O) groups is 6. The number of ether oxygens (including phenoxy) is 5. The molecule has 5 N–H and O–H groups in total. The third-order valence-electron chi connectivity index (χ3n) is 16.8. The number of nitrogens with zero attached hydrogens (tertiary/aromatic N) is 3. The zero-order valence-corrected chi connectivity index (χ0v) is 46.8. The van der Waals surface area contributed by atoms with Crippen LogP contribution in [0.25, 0.3) is 0 Å². The summed E-state index contributed by atoms with van der Waals surface area (Å²) in [5.74, 6) is -9.19. The predicted octanol–water partition coefficient (Wildman–Crippen LogP) is 6.10. The van der Waals surface area contributed by atoms with Crippen LogP contribution < -0.4 is 5.43 Å². The number of nitrogens with one attached hydrogen (secondary N) is 1. The summed E-state index contributed by atoms with van der Waals surface area (Å²) in [4.78, 5) is 86.7. The number of methoxy groups -OCH3 is 3. The number of fused-ring (bicyclic) bond motifs is 3. The number of piperidine rings is 2. The Balaban J connectivity index is 1.52. The van der Waals surface area contributed by atoms with Crippen molar-refractivity contribution in [2.45, 2.75) is 205 Å². The number of allylic oxidation sites excluding steroid dienone is 5. The maximum absolute atomic E-state index is 14.5. The van der Waals surface area contributed by atoms with Gasteiger partial charge < -0.3 is 43.9 Å². The quantitative estimate of drug-likeness (QED) is 0.0605. The van der Waals surface area contributed by atoms with Crippen LogP contribution >= 0.6 is 0 Å². The van der Waals surface area contributed by atoms with E-state index in [1.807, 2.05) is 13.8 Å². The van der Waals surface area contributed by atoms with E-state index in [9.17, 15) is 49.3 Å². The number of carbonyl (C=O) groups excluding carboxylic acids is 6. The van der Waals surface area contributed by atoms with Crippen LogP contribution in [0.5, 0.6) is 0 Å². The van der Waals surface area contributed by atoms with Gasteiger partial charge in [0.15, 0.2) is 5.78 Å². The van der Waals surface area contributed by atoms with Gasteiger partial charge >= 0.3 is 12.0 Å². The van der Waals surface area contributed by atoms with Gasteiger partial charge in [-0.1, -0.05) is 70.6 Å². The zero-order valence-electron chi connectivity index (χ0n) is 46.8. The van der Waals surface area contributed by atoms with Gasteiger partial charge in [0.25, 0.3) is 11.7 Å². The number of rotatable bonds is 8. The van der Waals surface area contributed by atoms with Gasteiger partial charge in [0, 0.05) is 71.6 Å². The number of ketones is 3. The molecule has 19 heteroatoms. The molecule has 3 amide bonds. The summed E-state index contributed by atoms with van der Waals surface area (Å²) >= 11 is 0. The Morgan fingerprint density at radius 2 is 1.57 bits per heavy atom. The maximum atomic E-state index is 14.5. The minimum atomic E-state index is -2.50. The molecule has 76 heavy (non-hydrogen) atoms. The Bertz CT molecular complexity index is 2130. The van der Waals surface area contributed by atoms with Gasteiger partial charge in [0.1, 0.15) is 30.1 Å². The Morgan fingerprint density at radius 3 is 2.24 bits per heavy atom. The molecule has 5 aliphatic rings. The molecular weight excluding hydrogens is 981 g/mol. The van der Waals surface area contributed by atoms with Crippen molar-refractivity contribution >= 4 is 35.3 Å². The summed E-state index contributed by atoms with van der Waals surface area (Å²) in [6, 6.07) is -1.97. The number of cyclic esters (lactones) is 1. The maximum Gasteiger partial charge on any atom is 0.356 e. The van der Waals surface area contributed by atoms with E-state index in [1.54, 1.807) is 83.2 Å². The fourth-order valence-corrected chi connectivity index (χ4v) is 11.7. The lowest BCUT2D eigenvalue weighted by atomic mass is 9.78. The van der Waals surface area contributed by atoms with Gasteiger partial charge in [0.2, 0.25) is 5.79 Å². The molecule has 5 rings (SSSR count). The molecule has 0 aromatic carbocycles. The third kappa shape index (κ3) is 16.0. The summed E-state index contributed by atoms with van der Waals surface area (Å²) in [5.41, 5.74) is 2.35. The van der Waals surface area contributed by atoms with Crippen molar-refractivity contribution < 1.29 is 73.0 Å². The van der Waals surface area contributed by atoms with Crippen LogP contribution in [0.2, 0.25) is 0 Å². The van der Waals surface area contributed by atoms with Gasteiger partial charge in [-0.25, -0.2) is 14.6 Å². The van der Waals surface area contributed by atoms with Crippen LogP contribution in [-0.2, 0) is 47.7 Å². The summed E-state index contributed by atoms with van der Waals surface area (Å²) < 4.78 is 29.6. The molecular formula is C57H90N4O15. The van der Waals surface area contributed by atoms with Crippen LogP contribution in [0, 0.1) is 29.6 Å². The molecule has 1 saturated carbocycles. The Hall–Kier alpha value is -4.18. The van der Waals surface area contributed by atoms with E-state index in [2.05, 4.69) is 5.43 Å². The highest BCUT2D eigenvalue weighted by Gasteiger charge is 2.53. The molecule has 2 bridgehead atoms. The number of Topliss-reactive ketones (excluding diaryl/α,β-unsaturated/α-hetero) is 3. The number of urea groups is 1. The molecule has 3 saturated heterocycles. The smallest absolute Gasteiger partial charge is 0.356 e. The van der Waals surface area contributed by atoms with Crippen LogP contribution in [0.15, 0.2) is 47.6 Å². The number of hydrogen-bond donors (Lipinski definition) is 5. The summed E-state index contributed by atoms with van der Waals surface area (Å²) in [6.07, 6.45) is 10.9. The Labute approximate surface area is 450 Å². The van der Waals surface area contributed by atoms with Gasteiger partial charge in [-0.2, -0.15) is 5.06 Å². The molecule has 0 aromatic heterocycles. The number of hydrazine groups is 1. The molecule has 4 fully saturated rings. The first-order chi connectivity index (χ1) is 36.0. The molecule has 19 nitrogen and oxygen atoms in total. The average Bonchev–Trinajstić information content (AvgIpc) is 3.40. The van der Waals surface area contributed by atoms with Crippen molar-refractivity contribution in [3.8, 4) is 0 Å². The summed E-state index contributed by atoms with van der Waals surface area (Å²) in [6.45, 7) is 13.1. The van der Waals surface area contributed by atoms with E-state index in [1.165, 1.54) is 19.1 Å². The van der Waals surface area contributed by atoms with Gasteiger partial charge in [-0.3, -0.25) is 29.8 Å². The fraction of sp³-hybridized carbons (Fsp3) is 0.754. The lowest BCUT2D eigenvalue weighted by Crippen LogP contribution is -2.61. The number of amides is 3. The first-order valence-corrected chi connectivity index (χ1v) is 27.7. The summed E-state index contributed by atoms with van der Waals surface area (Å²) in [5, 5.41) is 48.3. The standard InChI is InChI=1S/C57H90N4O15/c1-35-19-13-11-15-25-56(7,61(71)55(69)58-59-26-16-12-17-27-59)34-39(5)50(65)51(74-10)49(64)38(4)29-36(2)45(63)33-47(37(3)30-41-22-24-44(62)48(31-41)73-9)75-54(68)43-20-14-18-28-60(43)53(67)52(66)57(70)40(6)21-23-42(76-57)32-46(35)72-8/h11,13,15,19,25,29,36-37,39-44,46-49,51,62,64,70-71H,12,14,16-18,20-24,26-28,30-34H2,1-10H3,(H,58,69)/b13-11+,25-15+,35-19+,38-29+/t36?,37?,39?,40?,41?,42?,43?,44?,46?,47?,48?,49?,51?,56-,57?/m1/s1. The highest BCUT2D eigenvalue weighted by atomic mass is 16.6. The highest BCUT2D eigenvalue weighted by Crippen LogP contribution is 2.38. The predicted molar refractivity (Wildman–Crippen MR) is 282 cm³/mol. The van der Waals surface area contributed by atoms with Crippen LogP contribution in [0.4, 0.5) is 4.79 Å². The zero-order chi connectivity index (χ0) is 56.1. The minimum Gasteiger partial charge on any atom is -0.460 e. The molecule has 14 unspecified atom stereocenters. The highest BCUT2D eigenvalue weighted by molar-refractivity contribution is 6.39. The molecule has 0 aromatic rings. The van der Waals surface area contributed by atoms with Crippen molar-refractivity contribution in [1.29, 1.82) is 0 Å². The van der Waals surface area contributed by atoms with E-state index in [-0.39, 0.29) is 55.6 Å². The molecule has 0 radical (unpaired) electrons. The van der Waals surface area contributed by atoms with Crippen molar-refractivity contribution in [2.24, 2.45) is 29.6 Å². The largest absolute Gasteiger partial charge is 0.460 e. The van der Waals surface area contributed by atoms with Crippen LogP contribution in [0.1, 0.15) is 145 Å². The second-order valence-electron chi connectivity index (χ2n) is 22.7. The van der Waals surface area contributed by atoms with Gasteiger partial charge in [0.05, 0.1) is 30.0 Å². The number of hydrogen-bond acceptors (Lipinski definition) is 16. The lowest BCUT2D eigenvalue weighted by Gasteiger charge is -2.42. The first kappa shape index (κ1) is 62.7. The minimum absolute atomic E-state index is 0.0530. The fourth-order valence-electron chi connectivity index (χ4n) is 11.7. The average molecular weight is 1070 g/mol. The van der Waals surface area contributed by atoms with E-state index in [4.69, 9.17) is 23.7 Å². The van der Waals surface area contributed by atoms with Crippen molar-refractivity contribution in [3.05, 3.63) is 47.6 Å². The van der Waals surface area contributed by atoms with Crippen molar-refractivity contribution in [1.82, 2.24) is 20.4 Å². The van der Waals surface area contributed by atoms with E-state index in [0.717, 1.165) is 24.8 Å². The van der Waals surface area contributed by atoms with Crippen molar-refractivity contribution in [3.63, 3.8) is 0 Å². The molecule has 4 aliphatic heterocycles. The van der Waals surface area contributed by atoms with E-state index >= 15 is 0 Å². The topological polar surface area (TPSA) is 251 Å². The first-order valence-electron chi connectivity index (χ1n) is 27.7. The van der Waals surface area contributed by atoms with E-state index < -0.39 is 107 Å². The molecule has 1 aliphatic carbocycles. The van der Waals surface area contributed by atoms with Crippen molar-refractivity contribution in [2.75, 3.05) is 41.0 Å². The van der Waals surface area contributed by atoms with Gasteiger partial charge in [-0.05, 0) is 121 Å². The number of aliphatic hydroxyl groups excluding tert-OH is 2. The van der Waals surface area contributed by atoms with Crippen LogP contribution in [0.3, 0.4) is 0 Å². The van der Waals surface area contributed by atoms with Crippen LogP contribution in [-0.4, -0.2) is 172 Å². The Kier molecular flexibility index (Phi) is 23.6. The second kappa shape index (κ2) is 28.6. The SMILES string of the molecule is COC1CC2CCC(C)C(O)(O2)C(=O)C(=O)N2CCCCC2C(=O)OC(C(C)CC2CCC(O)C(OC)C2)CC(=O)C(C)/C=C(\C)C(O)C(OC)C(=O)C(C)C[C@](C)(N(O)C(=O)NN2CCCCC2)/C=C/C=C/C=C/1C. The van der Waals surface area contributed by atoms with E-state index in [0.29, 0.717) is 69.5 Å².